The van der Waals surface area contributed by atoms with Crippen molar-refractivity contribution in [3.8, 4) is 0 Å². The summed E-state index contributed by atoms with van der Waals surface area (Å²) in [6.45, 7) is 4.53. The second-order valence-corrected chi connectivity index (χ2v) is 18.0. The second kappa shape index (κ2) is 39.5. The largest absolute Gasteiger partial charge is 0.391 e. The molecule has 53 heavy (non-hydrogen) atoms. The van der Waals surface area contributed by atoms with Gasteiger partial charge in [-0.1, -0.05) is 245 Å². The van der Waals surface area contributed by atoms with Crippen molar-refractivity contribution in [3.05, 3.63) is 0 Å². The Morgan fingerprint density at radius 2 is 0.679 bits per heavy atom. The van der Waals surface area contributed by atoms with Crippen LogP contribution in [-0.4, -0.2) is 53.1 Å². The van der Waals surface area contributed by atoms with Crippen LogP contribution < -0.4 is 5.32 Å². The molecule has 0 aliphatic heterocycles. The Balaban J connectivity index is 3.84. The number of unbranched alkanes of at least 4 members (excludes halogenated alkanes) is 34. The number of aliphatic hydroxyl groups is 2. The van der Waals surface area contributed by atoms with E-state index in [1.54, 1.807) is 0 Å². The van der Waals surface area contributed by atoms with E-state index in [0.717, 1.165) is 44.9 Å². The van der Waals surface area contributed by atoms with Gasteiger partial charge in [0, 0.05) is 0 Å². The molecule has 4 N–H and O–H groups in total. The summed E-state index contributed by atoms with van der Waals surface area (Å²) in [6, 6.07) is -1.14. The lowest BCUT2D eigenvalue weighted by atomic mass is 10.0. The predicted octanol–water partition coefficient (Wildman–Crippen LogP) is 12.9. The highest BCUT2D eigenvalue weighted by molar-refractivity contribution is 7.85. The van der Waals surface area contributed by atoms with Crippen molar-refractivity contribution in [1.29, 1.82) is 0 Å². The third-order valence-corrected chi connectivity index (χ3v) is 11.9. The van der Waals surface area contributed by atoms with E-state index in [1.165, 1.54) is 186 Å². The summed E-state index contributed by atoms with van der Waals surface area (Å²) in [4.78, 5) is 12.6. The maximum absolute atomic E-state index is 12.6. The van der Waals surface area contributed by atoms with E-state index in [4.69, 9.17) is 0 Å². The Bertz CT molecular complexity index is 869. The van der Waals surface area contributed by atoms with E-state index in [1.807, 2.05) is 0 Å². The van der Waals surface area contributed by atoms with Gasteiger partial charge in [0.15, 0.2) is 0 Å². The summed E-state index contributed by atoms with van der Waals surface area (Å²) in [6.07, 6.45) is 44.1. The highest BCUT2D eigenvalue weighted by Gasteiger charge is 2.28. The van der Waals surface area contributed by atoms with Crippen LogP contribution in [0.25, 0.3) is 0 Å². The van der Waals surface area contributed by atoms with Crippen molar-refractivity contribution < 1.29 is 28.0 Å². The lowest BCUT2D eigenvalue weighted by Gasteiger charge is -2.24. The van der Waals surface area contributed by atoms with Gasteiger partial charge in [0.25, 0.3) is 10.1 Å². The maximum atomic E-state index is 12.6. The first-order valence-corrected chi connectivity index (χ1v) is 24.9. The summed E-state index contributed by atoms with van der Waals surface area (Å²) >= 11 is 0. The normalized spacial score (nSPS) is 13.7. The van der Waals surface area contributed by atoms with Gasteiger partial charge in [-0.3, -0.25) is 9.35 Å². The first kappa shape index (κ1) is 52.3. The van der Waals surface area contributed by atoms with Crippen molar-refractivity contribution in [3.63, 3.8) is 0 Å². The number of hydrogen-bond donors (Lipinski definition) is 4. The van der Waals surface area contributed by atoms with Crippen molar-refractivity contribution in [2.75, 3.05) is 5.75 Å². The van der Waals surface area contributed by atoms with Crippen LogP contribution in [0.4, 0.5) is 0 Å². The summed E-state index contributed by atoms with van der Waals surface area (Å²) in [5.74, 6) is -1.44. The molecule has 0 heterocycles. The lowest BCUT2D eigenvalue weighted by Crippen LogP contribution is -2.50. The maximum Gasteiger partial charge on any atom is 0.266 e. The molecule has 318 valence electrons. The van der Waals surface area contributed by atoms with Crippen molar-refractivity contribution in [2.24, 2.45) is 0 Å². The fraction of sp³-hybridized carbons (Fsp3) is 0.978. The third kappa shape index (κ3) is 39.3. The number of rotatable bonds is 43. The Hall–Kier alpha value is -0.700. The van der Waals surface area contributed by atoms with E-state index >= 15 is 0 Å². The second-order valence-electron chi connectivity index (χ2n) is 16.5. The molecule has 0 fully saturated rings. The van der Waals surface area contributed by atoms with Crippen LogP contribution >= 0.6 is 0 Å². The van der Waals surface area contributed by atoms with E-state index in [9.17, 15) is 28.0 Å². The summed E-state index contributed by atoms with van der Waals surface area (Å²) in [7, 11) is -4.40. The number of amides is 1. The Labute approximate surface area is 330 Å². The van der Waals surface area contributed by atoms with Gasteiger partial charge in [-0.2, -0.15) is 8.42 Å². The zero-order valence-electron chi connectivity index (χ0n) is 35.3. The van der Waals surface area contributed by atoms with E-state index in [2.05, 4.69) is 19.2 Å². The van der Waals surface area contributed by atoms with E-state index in [0.29, 0.717) is 12.8 Å². The number of carbonyl (C=O) groups excluding carboxylic acids is 1. The molecule has 0 aliphatic carbocycles. The summed E-state index contributed by atoms with van der Waals surface area (Å²) in [5.41, 5.74) is 0. The first-order valence-electron chi connectivity index (χ1n) is 23.3. The number of hydrogen-bond acceptors (Lipinski definition) is 5. The van der Waals surface area contributed by atoms with Gasteiger partial charge in [-0.05, 0) is 12.8 Å². The van der Waals surface area contributed by atoms with Gasteiger partial charge in [0.2, 0.25) is 5.91 Å². The van der Waals surface area contributed by atoms with Crippen LogP contribution in [0.2, 0.25) is 0 Å². The van der Waals surface area contributed by atoms with Gasteiger partial charge in [-0.25, -0.2) is 0 Å². The molecule has 0 saturated carbocycles. The smallest absolute Gasteiger partial charge is 0.266 e. The monoisotopic (exact) mass is 774 g/mol. The van der Waals surface area contributed by atoms with Crippen LogP contribution in [0.15, 0.2) is 0 Å². The molecule has 0 aliphatic rings. The molecule has 8 heteroatoms. The van der Waals surface area contributed by atoms with Crippen LogP contribution in [0.1, 0.15) is 258 Å². The van der Waals surface area contributed by atoms with Crippen LogP contribution in [0.3, 0.4) is 0 Å². The minimum atomic E-state index is -4.40. The van der Waals surface area contributed by atoms with Gasteiger partial charge in [-0.15, -0.1) is 0 Å². The number of nitrogens with one attached hydrogen (secondary N) is 1. The minimum Gasteiger partial charge on any atom is -0.391 e. The molecule has 0 spiro atoms. The van der Waals surface area contributed by atoms with Gasteiger partial charge < -0.3 is 15.5 Å². The van der Waals surface area contributed by atoms with Crippen molar-refractivity contribution >= 4 is 16.0 Å². The minimum absolute atomic E-state index is 0.304. The third-order valence-electron chi connectivity index (χ3n) is 11.2. The predicted molar refractivity (Wildman–Crippen MR) is 227 cm³/mol. The molecule has 0 aromatic heterocycles. The molecule has 0 aromatic rings. The Kier molecular flexibility index (Phi) is 39.0. The number of aliphatic hydroxyl groups excluding tert-OH is 2. The highest BCUT2D eigenvalue weighted by Crippen LogP contribution is 2.17. The molecular formula is C45H91NO6S. The zero-order chi connectivity index (χ0) is 39.1. The lowest BCUT2D eigenvalue weighted by molar-refractivity contribution is -0.131. The fourth-order valence-electron chi connectivity index (χ4n) is 7.58. The van der Waals surface area contributed by atoms with E-state index < -0.39 is 40.0 Å². The molecule has 1 amide bonds. The SMILES string of the molecule is CCCCCCCCCCCCCCCCCCCCCCCC(O)C(=O)NC(CS(=O)(=O)O)C(O)CCCCCCCCCCCCCCCCC. The van der Waals surface area contributed by atoms with Crippen LogP contribution in [0.5, 0.6) is 0 Å². The molecule has 0 rings (SSSR count). The van der Waals surface area contributed by atoms with Gasteiger partial charge >= 0.3 is 0 Å². The molecular weight excluding hydrogens is 683 g/mol. The van der Waals surface area contributed by atoms with Crippen LogP contribution in [-0.2, 0) is 14.9 Å². The first-order chi connectivity index (χ1) is 25.7. The Morgan fingerprint density at radius 1 is 0.434 bits per heavy atom. The average Bonchev–Trinajstić information content (AvgIpc) is 3.12. The van der Waals surface area contributed by atoms with Crippen molar-refractivity contribution in [1.82, 2.24) is 5.32 Å². The molecule has 7 nitrogen and oxygen atoms in total. The molecule has 3 unspecified atom stereocenters. The average molecular weight is 774 g/mol. The standard InChI is InChI=1S/C45H91NO6S/c1-3-5-7-9-11-13-15-17-19-20-21-22-23-24-26-28-30-32-34-36-38-40-44(48)45(49)46-42(41-53(50,51)52)43(47)39-37-35-33-31-29-27-25-18-16-14-12-10-8-6-4-2/h42-44,47-48H,3-41H2,1-2H3,(H,46,49)(H,50,51,52). The molecule has 0 radical (unpaired) electrons. The topological polar surface area (TPSA) is 124 Å². The van der Waals surface area contributed by atoms with Crippen LogP contribution in [0, 0.1) is 0 Å². The summed E-state index contributed by atoms with van der Waals surface area (Å²) in [5, 5.41) is 23.6. The molecule has 0 bridgehead atoms. The molecule has 0 saturated heterocycles. The zero-order valence-corrected chi connectivity index (χ0v) is 36.1. The molecule has 3 atom stereocenters. The van der Waals surface area contributed by atoms with E-state index in [-0.39, 0.29) is 0 Å². The van der Waals surface area contributed by atoms with Gasteiger partial charge in [0.1, 0.15) is 6.10 Å². The fourth-order valence-corrected chi connectivity index (χ4v) is 8.34. The number of carbonyl (C=O) groups is 1. The molecule has 0 aromatic carbocycles. The van der Waals surface area contributed by atoms with Crippen molar-refractivity contribution in [2.45, 2.75) is 276 Å². The quantitative estimate of drug-likeness (QED) is 0.0361. The highest BCUT2D eigenvalue weighted by atomic mass is 32.2. The Morgan fingerprint density at radius 3 is 0.943 bits per heavy atom. The van der Waals surface area contributed by atoms with Gasteiger partial charge in [0.05, 0.1) is 17.9 Å². The summed E-state index contributed by atoms with van der Waals surface area (Å²) < 4.78 is 32.7.